The quantitative estimate of drug-likeness (QED) is 0.389. The first kappa shape index (κ1) is 19.6. The Morgan fingerprint density at radius 3 is 2.38 bits per heavy atom. The van der Waals surface area contributed by atoms with Gasteiger partial charge in [0.25, 0.3) is 10.1 Å². The molecule has 29 heavy (non-hydrogen) atoms. The van der Waals surface area contributed by atoms with E-state index in [9.17, 15) is 13.0 Å². The van der Waals surface area contributed by atoms with Gasteiger partial charge >= 0.3 is 0 Å². The number of benzene rings is 2. The van der Waals surface area contributed by atoms with Gasteiger partial charge in [-0.1, -0.05) is 25.2 Å². The molecule has 0 bridgehead atoms. The Bertz CT molecular complexity index is 1290. The molecule has 5 nitrogen and oxygen atoms in total. The van der Waals surface area contributed by atoms with Crippen LogP contribution in [-0.4, -0.2) is 26.8 Å². The SMILES string of the molecule is Cc1cc(S(=O)(=O)O)ccc1C1=C2C=CC(=[NH2+])C=C2[Si](C)(C)c2cc(N)ccc21. The minimum absolute atomic E-state index is 0.111. The van der Waals surface area contributed by atoms with E-state index in [2.05, 4.69) is 25.2 Å². The average molecular weight is 424 g/mol. The summed E-state index contributed by atoms with van der Waals surface area (Å²) < 4.78 is 32.5. The lowest BCUT2D eigenvalue weighted by atomic mass is 9.87. The van der Waals surface area contributed by atoms with Crippen LogP contribution in [-0.2, 0) is 10.1 Å². The Kier molecular flexibility index (Phi) is 4.31. The second-order valence-electron chi connectivity index (χ2n) is 8.06. The maximum Gasteiger partial charge on any atom is 0.294 e. The van der Waals surface area contributed by atoms with Crippen molar-refractivity contribution in [2.45, 2.75) is 24.9 Å². The number of allylic oxidation sites excluding steroid dienone is 5. The van der Waals surface area contributed by atoms with Gasteiger partial charge in [-0.25, -0.2) is 0 Å². The zero-order chi connectivity index (χ0) is 21.1. The third kappa shape index (κ3) is 3.11. The number of fused-ring (bicyclic) bond motifs is 2. The highest BCUT2D eigenvalue weighted by Gasteiger charge is 2.40. The largest absolute Gasteiger partial charge is 0.399 e. The number of hydrogen-bond acceptors (Lipinski definition) is 3. The molecule has 0 amide bonds. The molecule has 2 aliphatic rings. The first-order chi connectivity index (χ1) is 13.5. The molecule has 0 radical (unpaired) electrons. The van der Waals surface area contributed by atoms with E-state index >= 15 is 0 Å². The summed E-state index contributed by atoms with van der Waals surface area (Å²) in [5.74, 6) is 0. The monoisotopic (exact) mass is 423 g/mol. The molecule has 1 heterocycles. The van der Waals surface area contributed by atoms with Gasteiger partial charge in [0.2, 0.25) is 0 Å². The van der Waals surface area contributed by atoms with Crippen LogP contribution in [0.2, 0.25) is 13.1 Å². The highest BCUT2D eigenvalue weighted by Crippen LogP contribution is 2.42. The van der Waals surface area contributed by atoms with Crippen LogP contribution in [0.3, 0.4) is 0 Å². The molecule has 0 aromatic heterocycles. The molecule has 148 valence electrons. The fraction of sp³-hybridized carbons (Fsp3) is 0.136. The molecule has 2 aromatic rings. The van der Waals surface area contributed by atoms with Crippen molar-refractivity contribution >= 4 is 40.4 Å². The molecule has 0 spiro atoms. The van der Waals surface area contributed by atoms with Gasteiger partial charge in [-0.2, -0.15) is 8.42 Å². The predicted molar refractivity (Wildman–Crippen MR) is 119 cm³/mol. The minimum Gasteiger partial charge on any atom is -0.399 e. The third-order valence-corrected chi connectivity index (χ3v) is 10.1. The topological polar surface area (TPSA) is 106 Å². The van der Waals surface area contributed by atoms with Crippen molar-refractivity contribution in [1.29, 1.82) is 0 Å². The van der Waals surface area contributed by atoms with E-state index in [-0.39, 0.29) is 4.90 Å². The van der Waals surface area contributed by atoms with E-state index < -0.39 is 18.2 Å². The second-order valence-corrected chi connectivity index (χ2v) is 13.8. The van der Waals surface area contributed by atoms with E-state index in [1.807, 2.05) is 31.2 Å². The molecule has 0 saturated carbocycles. The molecule has 7 heteroatoms. The molecular formula is C22H23N2O3SSi+. The van der Waals surface area contributed by atoms with Crippen molar-refractivity contribution in [2.24, 2.45) is 0 Å². The summed E-state index contributed by atoms with van der Waals surface area (Å²) in [6.07, 6.45) is 5.99. The third-order valence-electron chi connectivity index (χ3n) is 5.74. The molecule has 0 atom stereocenters. The molecule has 0 saturated heterocycles. The molecule has 4 rings (SSSR count). The summed E-state index contributed by atoms with van der Waals surface area (Å²) in [7, 11) is -6.30. The van der Waals surface area contributed by atoms with Crippen molar-refractivity contribution in [2.75, 3.05) is 5.73 Å². The average Bonchev–Trinajstić information content (AvgIpc) is 2.63. The lowest BCUT2D eigenvalue weighted by molar-refractivity contribution is -0.110. The van der Waals surface area contributed by atoms with Gasteiger partial charge < -0.3 is 5.73 Å². The van der Waals surface area contributed by atoms with Crippen molar-refractivity contribution < 1.29 is 18.4 Å². The number of rotatable bonds is 2. The summed E-state index contributed by atoms with van der Waals surface area (Å²) >= 11 is 0. The second kappa shape index (κ2) is 6.38. The highest BCUT2D eigenvalue weighted by atomic mass is 32.2. The summed E-state index contributed by atoms with van der Waals surface area (Å²) in [5, 5.41) is 8.58. The van der Waals surface area contributed by atoms with Gasteiger partial charge in [-0.3, -0.25) is 9.96 Å². The van der Waals surface area contributed by atoms with Crippen molar-refractivity contribution in [3.8, 4) is 0 Å². The van der Waals surface area contributed by atoms with Crippen LogP contribution in [0.25, 0.3) is 5.57 Å². The van der Waals surface area contributed by atoms with Crippen LogP contribution in [0.1, 0.15) is 16.7 Å². The summed E-state index contributed by atoms with van der Waals surface area (Å²) in [6, 6.07) is 10.7. The predicted octanol–water partition coefficient (Wildman–Crippen LogP) is 1.79. The van der Waals surface area contributed by atoms with Crippen LogP contribution in [0.5, 0.6) is 0 Å². The fourth-order valence-corrected chi connectivity index (χ4v) is 7.93. The lowest BCUT2D eigenvalue weighted by Crippen LogP contribution is -2.50. The maximum absolute atomic E-state index is 11.6. The number of anilines is 1. The summed E-state index contributed by atoms with van der Waals surface area (Å²) in [5.41, 5.74) is 12.5. The molecule has 0 fully saturated rings. The summed E-state index contributed by atoms with van der Waals surface area (Å²) in [4.78, 5) is -0.111. The van der Waals surface area contributed by atoms with Gasteiger partial charge in [0.05, 0.1) is 4.90 Å². The number of nitrogens with two attached hydrogens (primary N) is 2. The first-order valence-electron chi connectivity index (χ1n) is 9.26. The van der Waals surface area contributed by atoms with E-state index in [0.717, 1.165) is 39.2 Å². The number of hydrogen-bond donors (Lipinski definition) is 3. The van der Waals surface area contributed by atoms with Crippen LogP contribution >= 0.6 is 0 Å². The Morgan fingerprint density at radius 2 is 1.72 bits per heavy atom. The molecule has 2 aromatic carbocycles. The molecule has 0 unspecified atom stereocenters. The molecule has 1 aliphatic carbocycles. The molecular weight excluding hydrogens is 400 g/mol. The van der Waals surface area contributed by atoms with Gasteiger partial charge in [-0.15, -0.1) is 0 Å². The Morgan fingerprint density at radius 1 is 1.03 bits per heavy atom. The number of nitrogen functional groups attached to an aromatic ring is 1. The van der Waals surface area contributed by atoms with Gasteiger partial charge in [-0.05, 0) is 75.5 Å². The van der Waals surface area contributed by atoms with E-state index in [4.69, 9.17) is 11.1 Å². The van der Waals surface area contributed by atoms with Crippen molar-refractivity contribution in [3.05, 3.63) is 82.1 Å². The van der Waals surface area contributed by atoms with Crippen molar-refractivity contribution in [3.63, 3.8) is 0 Å². The zero-order valence-electron chi connectivity index (χ0n) is 16.5. The first-order valence-corrected chi connectivity index (χ1v) is 13.7. The standard InChI is InChI=1S/C22H22N2O3SSi/c1-13-10-16(28(25,26)27)6-9-17(13)22-18-7-4-14(23)11-20(18)29(2,3)21-12-15(24)5-8-19(21)22/h4-12,23H,24H2,1-3H3,(H,25,26,27)/p+1. The van der Waals surface area contributed by atoms with E-state index in [0.29, 0.717) is 0 Å². The van der Waals surface area contributed by atoms with Gasteiger partial charge in [0.15, 0.2) is 5.71 Å². The van der Waals surface area contributed by atoms with Crippen LogP contribution < -0.4 is 16.3 Å². The Balaban J connectivity index is 2.08. The maximum atomic E-state index is 11.6. The van der Waals surface area contributed by atoms with Crippen molar-refractivity contribution in [1.82, 2.24) is 0 Å². The van der Waals surface area contributed by atoms with E-state index in [1.54, 1.807) is 6.07 Å². The highest BCUT2D eigenvalue weighted by molar-refractivity contribution is 7.85. The molecule has 5 N–H and O–H groups in total. The lowest BCUT2D eigenvalue weighted by Gasteiger charge is -2.37. The van der Waals surface area contributed by atoms with Crippen LogP contribution in [0.15, 0.2) is 70.3 Å². The normalized spacial score (nSPS) is 17.7. The number of aryl methyl sites for hydroxylation is 1. The van der Waals surface area contributed by atoms with Gasteiger partial charge in [0, 0.05) is 17.8 Å². The zero-order valence-corrected chi connectivity index (χ0v) is 18.3. The minimum atomic E-state index is -4.26. The van der Waals surface area contributed by atoms with Crippen LogP contribution in [0.4, 0.5) is 5.69 Å². The molecule has 1 aliphatic heterocycles. The van der Waals surface area contributed by atoms with Gasteiger partial charge in [0.1, 0.15) is 8.07 Å². The Labute approximate surface area is 171 Å². The fourth-order valence-electron chi connectivity index (χ4n) is 4.25. The van der Waals surface area contributed by atoms with Crippen LogP contribution in [0, 0.1) is 6.92 Å². The smallest absolute Gasteiger partial charge is 0.294 e. The summed E-state index contributed by atoms with van der Waals surface area (Å²) in [6.45, 7) is 6.42. The van der Waals surface area contributed by atoms with E-state index in [1.165, 1.54) is 22.5 Å². The Hall–Kier alpha value is -2.74.